The number of hydrogen-bond donors (Lipinski definition) is 0. The summed E-state index contributed by atoms with van der Waals surface area (Å²) in [6, 6.07) is 9.42. The SMILES string of the molecule is CC(C)(C)OC(=O)N([C@H]1CSc2cc(F)c(Br)cc2N(Cc2ccc(Cl)cc2)C1=O)C(C)(C)C. The van der Waals surface area contributed by atoms with Gasteiger partial charge in [-0.15, -0.1) is 11.8 Å². The highest BCUT2D eigenvalue weighted by atomic mass is 79.9. The van der Waals surface area contributed by atoms with Gasteiger partial charge in [0.1, 0.15) is 17.5 Å². The average Bonchev–Trinajstić information content (AvgIpc) is 2.80. The molecule has 0 N–H and O–H groups in total. The van der Waals surface area contributed by atoms with Crippen molar-refractivity contribution < 1.29 is 18.7 Å². The number of nitrogens with zero attached hydrogens (tertiary/aromatic N) is 2. The van der Waals surface area contributed by atoms with Gasteiger partial charge in [0.05, 0.1) is 16.7 Å². The van der Waals surface area contributed by atoms with Crippen LogP contribution in [0.4, 0.5) is 14.9 Å². The van der Waals surface area contributed by atoms with Crippen molar-refractivity contribution in [2.75, 3.05) is 10.7 Å². The number of thioether (sulfide) groups is 1. The van der Waals surface area contributed by atoms with Crippen LogP contribution in [0.2, 0.25) is 5.02 Å². The van der Waals surface area contributed by atoms with Crippen LogP contribution < -0.4 is 4.90 Å². The second-order valence-electron chi connectivity index (χ2n) is 10.1. The smallest absolute Gasteiger partial charge is 0.411 e. The maximum atomic E-state index is 14.4. The third kappa shape index (κ3) is 6.26. The lowest BCUT2D eigenvalue weighted by atomic mass is 10.0. The molecule has 0 radical (unpaired) electrons. The number of ether oxygens (including phenoxy) is 1. The maximum Gasteiger partial charge on any atom is 0.411 e. The van der Waals surface area contributed by atoms with Gasteiger partial charge >= 0.3 is 6.09 Å². The summed E-state index contributed by atoms with van der Waals surface area (Å²) in [5.41, 5.74) is 0.0204. The Bertz CT molecular complexity index is 1080. The number of carbonyl (C=O) groups is 2. The molecule has 0 fully saturated rings. The minimum absolute atomic E-state index is 0.241. The summed E-state index contributed by atoms with van der Waals surface area (Å²) >= 11 is 10.6. The zero-order chi connectivity index (χ0) is 25.4. The van der Waals surface area contributed by atoms with E-state index in [0.717, 1.165) is 5.56 Å². The highest BCUT2D eigenvalue weighted by molar-refractivity contribution is 9.10. The van der Waals surface area contributed by atoms with Crippen molar-refractivity contribution in [2.24, 2.45) is 0 Å². The quantitative estimate of drug-likeness (QED) is 0.388. The lowest BCUT2D eigenvalue weighted by Gasteiger charge is -2.42. The van der Waals surface area contributed by atoms with Crippen LogP contribution in [0.1, 0.15) is 47.1 Å². The second kappa shape index (κ2) is 10.1. The lowest BCUT2D eigenvalue weighted by Crippen LogP contribution is -2.59. The first kappa shape index (κ1) is 26.8. The minimum atomic E-state index is -0.818. The molecule has 0 unspecified atom stereocenters. The van der Waals surface area contributed by atoms with Gasteiger partial charge in [0.2, 0.25) is 0 Å². The van der Waals surface area contributed by atoms with E-state index in [1.165, 1.54) is 22.7 Å². The van der Waals surface area contributed by atoms with E-state index in [1.54, 1.807) is 43.9 Å². The summed E-state index contributed by atoms with van der Waals surface area (Å²) in [5, 5.41) is 0.591. The van der Waals surface area contributed by atoms with E-state index in [-0.39, 0.29) is 22.7 Å². The maximum absolute atomic E-state index is 14.4. The van der Waals surface area contributed by atoms with E-state index in [0.29, 0.717) is 15.6 Å². The van der Waals surface area contributed by atoms with Crippen molar-refractivity contribution in [2.45, 2.75) is 70.2 Å². The van der Waals surface area contributed by atoms with Crippen molar-refractivity contribution in [3.8, 4) is 0 Å². The number of anilines is 1. The molecule has 2 amide bonds. The van der Waals surface area contributed by atoms with E-state index in [2.05, 4.69) is 15.9 Å². The standard InChI is InChI=1S/C25H29BrClFN2O3S/c1-24(2,3)30(23(32)33-25(4,5)6)20-14-34-21-12-18(28)17(26)11-19(21)29(22(20)31)13-15-7-9-16(27)10-8-15/h7-12,20H,13-14H2,1-6H3/t20-/m0/s1. The summed E-state index contributed by atoms with van der Waals surface area (Å²) in [4.78, 5) is 31.1. The second-order valence-corrected chi connectivity index (χ2v) is 12.5. The Morgan fingerprint density at radius 3 is 2.38 bits per heavy atom. The van der Waals surface area contributed by atoms with Crippen molar-refractivity contribution >= 4 is 57.0 Å². The molecule has 0 aromatic heterocycles. The van der Waals surface area contributed by atoms with Crippen LogP contribution in [0.3, 0.4) is 0 Å². The van der Waals surface area contributed by atoms with Crippen molar-refractivity contribution in [3.05, 3.63) is 57.3 Å². The van der Waals surface area contributed by atoms with Crippen molar-refractivity contribution in [3.63, 3.8) is 0 Å². The van der Waals surface area contributed by atoms with Crippen molar-refractivity contribution in [1.29, 1.82) is 0 Å². The molecular formula is C25H29BrClFN2O3S. The largest absolute Gasteiger partial charge is 0.444 e. The predicted octanol–water partition coefficient (Wildman–Crippen LogP) is 7.28. The van der Waals surface area contributed by atoms with Gasteiger partial charge in [-0.3, -0.25) is 9.69 Å². The number of fused-ring (bicyclic) bond motifs is 1. The van der Waals surface area contributed by atoms with E-state index >= 15 is 0 Å². The highest BCUT2D eigenvalue weighted by Crippen LogP contribution is 2.40. The summed E-state index contributed by atoms with van der Waals surface area (Å²) in [6.45, 7) is 11.2. The van der Waals surface area contributed by atoms with Crippen LogP contribution >= 0.6 is 39.3 Å². The first-order chi connectivity index (χ1) is 15.7. The Morgan fingerprint density at radius 1 is 1.21 bits per heavy atom. The molecule has 5 nitrogen and oxygen atoms in total. The molecule has 3 rings (SSSR count). The number of hydrogen-bond acceptors (Lipinski definition) is 4. The Hall–Kier alpha value is -1.77. The molecule has 1 heterocycles. The fraction of sp³-hybridized carbons (Fsp3) is 0.440. The Labute approximate surface area is 218 Å². The van der Waals surface area contributed by atoms with Gasteiger partial charge in [-0.05, 0) is 87.3 Å². The van der Waals surface area contributed by atoms with E-state index in [9.17, 15) is 14.0 Å². The van der Waals surface area contributed by atoms with Gasteiger partial charge in [0.25, 0.3) is 5.91 Å². The van der Waals surface area contributed by atoms with Crippen LogP contribution in [0.5, 0.6) is 0 Å². The molecule has 9 heteroatoms. The Kier molecular flexibility index (Phi) is 7.95. The van der Waals surface area contributed by atoms with Crippen LogP contribution in [-0.2, 0) is 16.1 Å². The van der Waals surface area contributed by atoms with Gasteiger partial charge in [-0.25, -0.2) is 9.18 Å². The lowest BCUT2D eigenvalue weighted by molar-refractivity contribution is -0.125. The van der Waals surface area contributed by atoms with Gasteiger partial charge in [0.15, 0.2) is 0 Å². The van der Waals surface area contributed by atoms with Gasteiger partial charge in [0, 0.05) is 21.2 Å². The predicted molar refractivity (Wildman–Crippen MR) is 139 cm³/mol. The zero-order valence-electron chi connectivity index (χ0n) is 20.1. The summed E-state index contributed by atoms with van der Waals surface area (Å²) < 4.78 is 20.4. The first-order valence-corrected chi connectivity index (χ1v) is 13.0. The van der Waals surface area contributed by atoms with Gasteiger partial charge < -0.3 is 9.64 Å². The van der Waals surface area contributed by atoms with Gasteiger partial charge in [-0.1, -0.05) is 23.7 Å². The molecule has 0 bridgehead atoms. The summed E-state index contributed by atoms with van der Waals surface area (Å²) in [6.07, 6.45) is -0.566. The fourth-order valence-corrected chi connectivity index (χ4v) is 5.27. The van der Waals surface area contributed by atoms with Crippen molar-refractivity contribution in [1.82, 2.24) is 4.90 Å². The number of amides is 2. The molecule has 0 aliphatic carbocycles. The van der Waals surface area contributed by atoms with E-state index < -0.39 is 29.1 Å². The normalized spacial score (nSPS) is 16.7. The summed E-state index contributed by atoms with van der Waals surface area (Å²) in [5.74, 6) is -0.413. The molecule has 1 aliphatic rings. The Morgan fingerprint density at radius 2 is 1.82 bits per heavy atom. The van der Waals surface area contributed by atoms with Crippen LogP contribution in [0, 0.1) is 5.82 Å². The molecule has 2 aromatic carbocycles. The first-order valence-electron chi connectivity index (χ1n) is 10.9. The molecule has 1 aliphatic heterocycles. The molecular weight excluding hydrogens is 543 g/mol. The van der Waals surface area contributed by atoms with Crippen LogP contribution in [-0.4, -0.2) is 39.8 Å². The average molecular weight is 572 g/mol. The summed E-state index contributed by atoms with van der Waals surface area (Å²) in [7, 11) is 0. The topological polar surface area (TPSA) is 49.9 Å². The van der Waals surface area contributed by atoms with E-state index in [1.807, 2.05) is 32.9 Å². The molecule has 0 saturated heterocycles. The molecule has 1 atom stereocenters. The number of halogens is 3. The molecule has 2 aromatic rings. The van der Waals surface area contributed by atoms with E-state index in [4.69, 9.17) is 16.3 Å². The van der Waals surface area contributed by atoms with Crippen LogP contribution in [0.25, 0.3) is 0 Å². The number of rotatable bonds is 3. The molecule has 34 heavy (non-hydrogen) atoms. The Balaban J connectivity index is 2.09. The van der Waals surface area contributed by atoms with Gasteiger partial charge in [-0.2, -0.15) is 0 Å². The van der Waals surface area contributed by atoms with Crippen LogP contribution in [0.15, 0.2) is 45.8 Å². The number of carbonyl (C=O) groups excluding carboxylic acids is 2. The third-order valence-corrected chi connectivity index (χ3v) is 7.10. The molecule has 0 saturated carbocycles. The highest BCUT2D eigenvalue weighted by Gasteiger charge is 2.43. The zero-order valence-corrected chi connectivity index (χ0v) is 23.3. The molecule has 184 valence electrons. The number of benzene rings is 2. The minimum Gasteiger partial charge on any atom is -0.444 e. The monoisotopic (exact) mass is 570 g/mol. The molecule has 0 spiro atoms. The third-order valence-electron chi connectivity index (χ3n) is 5.12. The fourth-order valence-electron chi connectivity index (χ4n) is 3.68.